The molecule has 0 aliphatic carbocycles. The number of anilines is 1. The topological polar surface area (TPSA) is 49.4 Å². The van der Waals surface area contributed by atoms with Crippen molar-refractivity contribution in [3.63, 3.8) is 0 Å². The highest BCUT2D eigenvalue weighted by atomic mass is 35.5. The summed E-state index contributed by atoms with van der Waals surface area (Å²) in [5.41, 5.74) is 1.48. The van der Waals surface area contributed by atoms with Crippen LogP contribution in [-0.4, -0.2) is 18.4 Å². The van der Waals surface area contributed by atoms with Gasteiger partial charge < -0.3 is 10.2 Å². The van der Waals surface area contributed by atoms with Gasteiger partial charge in [0, 0.05) is 22.7 Å². The highest BCUT2D eigenvalue weighted by molar-refractivity contribution is 6.35. The maximum atomic E-state index is 12.3. The van der Waals surface area contributed by atoms with Crippen LogP contribution in [0.4, 0.5) is 5.69 Å². The van der Waals surface area contributed by atoms with Crippen LogP contribution in [0, 0.1) is 0 Å². The van der Waals surface area contributed by atoms with Gasteiger partial charge in [0.05, 0.1) is 6.04 Å². The maximum Gasteiger partial charge on any atom is 0.240 e. The lowest BCUT2D eigenvalue weighted by Crippen LogP contribution is -2.40. The first-order valence-electron chi connectivity index (χ1n) is 7.45. The van der Waals surface area contributed by atoms with Gasteiger partial charge >= 0.3 is 0 Å². The van der Waals surface area contributed by atoms with E-state index in [4.69, 9.17) is 23.2 Å². The quantitative estimate of drug-likeness (QED) is 0.862. The summed E-state index contributed by atoms with van der Waals surface area (Å²) in [5.74, 6) is -0.534. The Balaban J connectivity index is 2.10. The molecule has 0 heterocycles. The van der Waals surface area contributed by atoms with Gasteiger partial charge in [-0.05, 0) is 30.7 Å². The van der Waals surface area contributed by atoms with E-state index in [9.17, 15) is 9.59 Å². The van der Waals surface area contributed by atoms with Crippen LogP contribution in [-0.2, 0) is 9.59 Å². The summed E-state index contributed by atoms with van der Waals surface area (Å²) in [4.78, 5) is 25.6. The summed E-state index contributed by atoms with van der Waals surface area (Å²) in [6.45, 7) is 3.17. The van der Waals surface area contributed by atoms with Crippen LogP contribution in [0.5, 0.6) is 0 Å². The second-order valence-electron chi connectivity index (χ2n) is 5.43. The lowest BCUT2D eigenvalue weighted by atomic mass is 10.1. The van der Waals surface area contributed by atoms with Crippen molar-refractivity contribution in [1.82, 2.24) is 5.32 Å². The molecule has 1 unspecified atom stereocenters. The first kappa shape index (κ1) is 18.3. The molecule has 1 atom stereocenters. The van der Waals surface area contributed by atoms with Crippen LogP contribution in [0.1, 0.15) is 25.5 Å². The van der Waals surface area contributed by atoms with Gasteiger partial charge in [-0.25, -0.2) is 0 Å². The number of carbonyl (C=O) groups excluding carboxylic acids is 2. The first-order valence-corrected chi connectivity index (χ1v) is 8.21. The van der Waals surface area contributed by atoms with Crippen LogP contribution in [0.2, 0.25) is 10.0 Å². The van der Waals surface area contributed by atoms with Gasteiger partial charge in [0.1, 0.15) is 6.54 Å². The Labute approximate surface area is 151 Å². The van der Waals surface area contributed by atoms with Crippen LogP contribution in [0.25, 0.3) is 0 Å². The molecule has 0 saturated heterocycles. The molecule has 0 bridgehead atoms. The van der Waals surface area contributed by atoms with E-state index in [-0.39, 0.29) is 24.4 Å². The molecular formula is C18H18Cl2N2O2. The monoisotopic (exact) mass is 364 g/mol. The number of nitrogens with zero attached hydrogens (tertiary/aromatic N) is 1. The SMILES string of the molecule is CC(=O)N(CC(=O)NC(C)c1ccccc1)c1cc(Cl)cc(Cl)c1. The normalized spacial score (nSPS) is 11.7. The summed E-state index contributed by atoms with van der Waals surface area (Å²) < 4.78 is 0. The molecule has 2 aromatic rings. The molecule has 0 aromatic heterocycles. The van der Waals surface area contributed by atoms with Crippen molar-refractivity contribution < 1.29 is 9.59 Å². The second-order valence-corrected chi connectivity index (χ2v) is 6.31. The maximum absolute atomic E-state index is 12.3. The van der Waals surface area contributed by atoms with Gasteiger partial charge in [0.25, 0.3) is 0 Å². The Morgan fingerprint density at radius 1 is 1.08 bits per heavy atom. The van der Waals surface area contributed by atoms with Crippen molar-refractivity contribution >= 4 is 40.7 Å². The molecule has 2 rings (SSSR count). The van der Waals surface area contributed by atoms with Crippen LogP contribution >= 0.6 is 23.2 Å². The fraction of sp³-hybridized carbons (Fsp3) is 0.222. The fourth-order valence-corrected chi connectivity index (χ4v) is 2.85. The fourth-order valence-electron chi connectivity index (χ4n) is 2.34. The highest BCUT2D eigenvalue weighted by Crippen LogP contribution is 2.25. The minimum atomic E-state index is -0.268. The van der Waals surface area contributed by atoms with E-state index in [0.717, 1.165) is 5.56 Å². The van der Waals surface area contributed by atoms with Gasteiger partial charge in [-0.15, -0.1) is 0 Å². The summed E-state index contributed by atoms with van der Waals surface area (Å²) >= 11 is 12.0. The Morgan fingerprint density at radius 2 is 1.67 bits per heavy atom. The van der Waals surface area contributed by atoms with Crippen molar-refractivity contribution in [2.45, 2.75) is 19.9 Å². The van der Waals surface area contributed by atoms with E-state index in [1.54, 1.807) is 18.2 Å². The number of carbonyl (C=O) groups is 2. The molecule has 6 heteroatoms. The largest absolute Gasteiger partial charge is 0.348 e. The van der Waals surface area contributed by atoms with E-state index < -0.39 is 0 Å². The average molecular weight is 365 g/mol. The lowest BCUT2D eigenvalue weighted by molar-refractivity contribution is -0.123. The standard InChI is InChI=1S/C18H18Cl2N2O2/c1-12(14-6-4-3-5-7-14)21-18(24)11-22(13(2)23)17-9-15(19)8-16(20)10-17/h3-10,12H,11H2,1-2H3,(H,21,24). The highest BCUT2D eigenvalue weighted by Gasteiger charge is 2.18. The summed E-state index contributed by atoms with van der Waals surface area (Å²) in [7, 11) is 0. The Hall–Kier alpha value is -2.04. The Morgan fingerprint density at radius 3 is 2.21 bits per heavy atom. The summed E-state index contributed by atoms with van der Waals surface area (Å²) in [5, 5.41) is 3.69. The number of hydrogen-bond donors (Lipinski definition) is 1. The molecule has 0 aliphatic rings. The van der Waals surface area contributed by atoms with E-state index in [0.29, 0.717) is 15.7 Å². The molecule has 126 valence electrons. The van der Waals surface area contributed by atoms with E-state index in [2.05, 4.69) is 5.32 Å². The zero-order chi connectivity index (χ0) is 17.7. The van der Waals surface area contributed by atoms with Crippen molar-refractivity contribution in [2.75, 3.05) is 11.4 Å². The molecule has 4 nitrogen and oxygen atoms in total. The average Bonchev–Trinajstić information content (AvgIpc) is 2.52. The molecule has 1 N–H and O–H groups in total. The first-order chi connectivity index (χ1) is 11.4. The Kier molecular flexibility index (Phi) is 6.23. The van der Waals surface area contributed by atoms with Gasteiger partial charge in [0.2, 0.25) is 11.8 Å². The molecule has 0 aliphatic heterocycles. The predicted octanol–water partition coefficient (Wildman–Crippen LogP) is 4.22. The predicted molar refractivity (Wildman–Crippen MR) is 97.5 cm³/mol. The van der Waals surface area contributed by atoms with Crippen LogP contribution < -0.4 is 10.2 Å². The molecule has 2 amide bonds. The number of amides is 2. The Bertz CT molecular complexity index is 715. The molecule has 0 saturated carbocycles. The van der Waals surface area contributed by atoms with Crippen LogP contribution in [0.15, 0.2) is 48.5 Å². The third-order valence-corrected chi connectivity index (χ3v) is 3.95. The number of rotatable bonds is 5. The molecular weight excluding hydrogens is 347 g/mol. The van der Waals surface area contributed by atoms with Gasteiger partial charge in [-0.3, -0.25) is 9.59 Å². The number of benzene rings is 2. The molecule has 0 fully saturated rings. The van der Waals surface area contributed by atoms with E-state index in [1.807, 2.05) is 37.3 Å². The van der Waals surface area contributed by atoms with Crippen molar-refractivity contribution in [3.05, 3.63) is 64.1 Å². The van der Waals surface area contributed by atoms with E-state index >= 15 is 0 Å². The third-order valence-electron chi connectivity index (χ3n) is 3.52. The zero-order valence-electron chi connectivity index (χ0n) is 13.4. The number of nitrogens with one attached hydrogen (secondary N) is 1. The lowest BCUT2D eigenvalue weighted by Gasteiger charge is -2.22. The third kappa shape index (κ3) is 4.98. The smallest absolute Gasteiger partial charge is 0.240 e. The molecule has 2 aromatic carbocycles. The minimum absolute atomic E-state index is 0.108. The molecule has 0 spiro atoms. The molecule has 24 heavy (non-hydrogen) atoms. The van der Waals surface area contributed by atoms with Gasteiger partial charge in [-0.1, -0.05) is 53.5 Å². The van der Waals surface area contributed by atoms with Crippen molar-refractivity contribution in [3.8, 4) is 0 Å². The summed E-state index contributed by atoms with van der Waals surface area (Å²) in [6, 6.07) is 14.2. The van der Waals surface area contributed by atoms with Crippen molar-refractivity contribution in [1.29, 1.82) is 0 Å². The zero-order valence-corrected chi connectivity index (χ0v) is 14.9. The van der Waals surface area contributed by atoms with Crippen LogP contribution in [0.3, 0.4) is 0 Å². The van der Waals surface area contributed by atoms with Gasteiger partial charge in [0.15, 0.2) is 0 Å². The number of hydrogen-bond acceptors (Lipinski definition) is 2. The summed E-state index contributed by atoms with van der Waals surface area (Å²) in [6.07, 6.45) is 0. The van der Waals surface area contributed by atoms with E-state index in [1.165, 1.54) is 11.8 Å². The minimum Gasteiger partial charge on any atom is -0.348 e. The second kappa shape index (κ2) is 8.18. The number of halogens is 2. The molecule has 0 radical (unpaired) electrons. The van der Waals surface area contributed by atoms with Crippen molar-refractivity contribution in [2.24, 2.45) is 0 Å². The van der Waals surface area contributed by atoms with Gasteiger partial charge in [-0.2, -0.15) is 0 Å².